The molecule has 21 heavy (non-hydrogen) atoms. The van der Waals surface area contributed by atoms with Crippen molar-refractivity contribution in [3.63, 3.8) is 0 Å². The molecule has 0 aliphatic heterocycles. The summed E-state index contributed by atoms with van der Waals surface area (Å²) in [6.07, 6.45) is 0. The smallest absolute Gasteiger partial charge is 0.173 e. The Hall–Kier alpha value is -1.11. The van der Waals surface area contributed by atoms with Crippen molar-refractivity contribution >= 4 is 43.2 Å². The third kappa shape index (κ3) is 2.93. The highest BCUT2D eigenvalue weighted by Gasteiger charge is 2.15. The van der Waals surface area contributed by atoms with E-state index in [1.54, 1.807) is 0 Å². The molecule has 0 aliphatic rings. The van der Waals surface area contributed by atoms with E-state index in [4.69, 9.17) is 0 Å². The largest absolute Gasteiger partial charge is 0.236 e. The molecule has 1 heterocycles. The molecule has 0 saturated heterocycles. The summed E-state index contributed by atoms with van der Waals surface area (Å²) in [5, 5.41) is 2.53. The zero-order valence-electron chi connectivity index (χ0n) is 10.4. The molecule has 1 aromatic heterocycles. The Bertz CT molecular complexity index is 817. The zero-order chi connectivity index (χ0) is 15.0. The molecule has 3 rings (SSSR count). The number of benzene rings is 2. The Balaban J connectivity index is 2.05. The van der Waals surface area contributed by atoms with Gasteiger partial charge in [-0.1, -0.05) is 28.1 Å². The zero-order valence-corrected chi connectivity index (χ0v) is 14.4. The summed E-state index contributed by atoms with van der Waals surface area (Å²) in [6.45, 7) is 0. The van der Waals surface area contributed by atoms with Crippen LogP contribution in [0.1, 0.15) is 0 Å². The Labute approximate surface area is 140 Å². The maximum absolute atomic E-state index is 13.6. The van der Waals surface area contributed by atoms with E-state index >= 15 is 0 Å². The first-order valence-electron chi connectivity index (χ1n) is 5.91. The van der Waals surface area contributed by atoms with Gasteiger partial charge in [0, 0.05) is 21.0 Å². The Kier molecular flexibility index (Phi) is 4.19. The first kappa shape index (κ1) is 14.8. The molecule has 0 saturated carbocycles. The number of hydrogen-bond donors (Lipinski definition) is 0. The Morgan fingerprint density at radius 1 is 1.05 bits per heavy atom. The van der Waals surface area contributed by atoms with Crippen LogP contribution in [0.3, 0.4) is 0 Å². The van der Waals surface area contributed by atoms with Gasteiger partial charge in [-0.25, -0.2) is 13.8 Å². The highest BCUT2D eigenvalue weighted by molar-refractivity contribution is 9.10. The van der Waals surface area contributed by atoms with Crippen LogP contribution in [0.2, 0.25) is 0 Å². The summed E-state index contributed by atoms with van der Waals surface area (Å²) in [4.78, 5) is 4.50. The molecule has 3 aromatic rings. The number of nitrogens with zero attached hydrogens (tertiary/aromatic N) is 1. The molecular formula is C15H7Br2F2NS. The monoisotopic (exact) mass is 429 g/mol. The quantitative estimate of drug-likeness (QED) is 0.436. The van der Waals surface area contributed by atoms with Crippen LogP contribution in [0.25, 0.3) is 21.8 Å². The second-order valence-corrected chi connectivity index (χ2v) is 6.84. The van der Waals surface area contributed by atoms with Gasteiger partial charge in [0.05, 0.1) is 10.2 Å². The van der Waals surface area contributed by atoms with E-state index in [1.807, 2.05) is 29.6 Å². The van der Waals surface area contributed by atoms with Crippen molar-refractivity contribution in [3.8, 4) is 21.8 Å². The van der Waals surface area contributed by atoms with E-state index in [0.29, 0.717) is 10.6 Å². The molecule has 0 fully saturated rings. The third-order valence-electron chi connectivity index (χ3n) is 2.89. The van der Waals surface area contributed by atoms with Gasteiger partial charge in [0.1, 0.15) is 5.01 Å². The van der Waals surface area contributed by atoms with Crippen LogP contribution in [0, 0.1) is 11.6 Å². The number of thiazole rings is 1. The highest BCUT2D eigenvalue weighted by atomic mass is 79.9. The minimum absolute atomic E-state index is 0.0950. The predicted octanol–water partition coefficient (Wildman–Crippen LogP) is 6.28. The Morgan fingerprint density at radius 3 is 2.62 bits per heavy atom. The van der Waals surface area contributed by atoms with Gasteiger partial charge in [-0.05, 0) is 40.2 Å². The van der Waals surface area contributed by atoms with Crippen molar-refractivity contribution in [3.05, 3.63) is 62.4 Å². The SMILES string of the molecule is Fc1ccc(-c2nc(-c3cccc(Br)c3)cs2)c(Br)c1F. The lowest BCUT2D eigenvalue weighted by molar-refractivity contribution is 0.505. The van der Waals surface area contributed by atoms with Crippen LogP contribution in [0.5, 0.6) is 0 Å². The van der Waals surface area contributed by atoms with Gasteiger partial charge in [0.2, 0.25) is 0 Å². The molecule has 106 valence electrons. The van der Waals surface area contributed by atoms with Crippen LogP contribution < -0.4 is 0 Å². The van der Waals surface area contributed by atoms with Crippen molar-refractivity contribution in [1.29, 1.82) is 0 Å². The maximum Gasteiger partial charge on any atom is 0.173 e. The molecule has 0 unspecified atom stereocenters. The minimum atomic E-state index is -0.897. The normalized spacial score (nSPS) is 10.9. The molecule has 0 amide bonds. The molecule has 0 radical (unpaired) electrons. The van der Waals surface area contributed by atoms with E-state index < -0.39 is 11.6 Å². The minimum Gasteiger partial charge on any atom is -0.236 e. The van der Waals surface area contributed by atoms with Gasteiger partial charge in [-0.15, -0.1) is 11.3 Å². The summed E-state index contributed by atoms with van der Waals surface area (Å²) in [6, 6.07) is 10.4. The highest BCUT2D eigenvalue weighted by Crippen LogP contribution is 2.35. The Morgan fingerprint density at radius 2 is 1.86 bits per heavy atom. The summed E-state index contributed by atoms with van der Waals surface area (Å²) >= 11 is 7.89. The summed E-state index contributed by atoms with van der Waals surface area (Å²) < 4.78 is 27.8. The number of hydrogen-bond acceptors (Lipinski definition) is 2. The van der Waals surface area contributed by atoms with Gasteiger partial charge in [0.15, 0.2) is 11.6 Å². The molecule has 0 aliphatic carbocycles. The average molecular weight is 431 g/mol. The van der Waals surface area contributed by atoms with Crippen LogP contribution >= 0.6 is 43.2 Å². The molecule has 0 N–H and O–H groups in total. The summed E-state index contributed by atoms with van der Waals surface area (Å²) in [5.41, 5.74) is 2.30. The summed E-state index contributed by atoms with van der Waals surface area (Å²) in [5.74, 6) is -1.78. The van der Waals surface area contributed by atoms with E-state index in [2.05, 4.69) is 36.8 Å². The van der Waals surface area contributed by atoms with Crippen LogP contribution in [0.15, 0.2) is 50.7 Å². The molecule has 1 nitrogen and oxygen atoms in total. The number of rotatable bonds is 2. The fourth-order valence-corrected chi connectivity index (χ4v) is 3.77. The van der Waals surface area contributed by atoms with Gasteiger partial charge in [0.25, 0.3) is 0 Å². The van der Waals surface area contributed by atoms with Gasteiger partial charge < -0.3 is 0 Å². The van der Waals surface area contributed by atoms with Crippen molar-refractivity contribution in [1.82, 2.24) is 4.98 Å². The van der Waals surface area contributed by atoms with Gasteiger partial charge in [-0.2, -0.15) is 0 Å². The average Bonchev–Trinajstić information content (AvgIpc) is 2.94. The van der Waals surface area contributed by atoms with Gasteiger partial charge >= 0.3 is 0 Å². The lowest BCUT2D eigenvalue weighted by atomic mass is 10.2. The third-order valence-corrected chi connectivity index (χ3v) is 5.03. The second-order valence-electron chi connectivity index (χ2n) is 4.27. The van der Waals surface area contributed by atoms with Crippen molar-refractivity contribution < 1.29 is 8.78 Å². The van der Waals surface area contributed by atoms with Crippen molar-refractivity contribution in [2.24, 2.45) is 0 Å². The topological polar surface area (TPSA) is 12.9 Å². The lowest BCUT2D eigenvalue weighted by Gasteiger charge is -2.02. The van der Waals surface area contributed by atoms with Crippen LogP contribution in [0.4, 0.5) is 8.78 Å². The van der Waals surface area contributed by atoms with E-state index in [1.165, 1.54) is 17.4 Å². The van der Waals surface area contributed by atoms with Crippen molar-refractivity contribution in [2.75, 3.05) is 0 Å². The van der Waals surface area contributed by atoms with E-state index in [9.17, 15) is 8.78 Å². The fraction of sp³-hybridized carbons (Fsp3) is 0. The molecule has 0 spiro atoms. The first-order valence-corrected chi connectivity index (χ1v) is 8.38. The van der Waals surface area contributed by atoms with E-state index in [-0.39, 0.29) is 4.47 Å². The van der Waals surface area contributed by atoms with Crippen LogP contribution in [-0.4, -0.2) is 4.98 Å². The van der Waals surface area contributed by atoms with Crippen molar-refractivity contribution in [2.45, 2.75) is 0 Å². The predicted molar refractivity (Wildman–Crippen MR) is 88.3 cm³/mol. The van der Waals surface area contributed by atoms with Gasteiger partial charge in [-0.3, -0.25) is 0 Å². The summed E-state index contributed by atoms with van der Waals surface area (Å²) in [7, 11) is 0. The maximum atomic E-state index is 13.6. The van der Waals surface area contributed by atoms with E-state index in [0.717, 1.165) is 21.8 Å². The molecule has 2 aromatic carbocycles. The van der Waals surface area contributed by atoms with Crippen LogP contribution in [-0.2, 0) is 0 Å². The fourth-order valence-electron chi connectivity index (χ4n) is 1.87. The second kappa shape index (κ2) is 5.94. The number of aromatic nitrogens is 1. The standard InChI is InChI=1S/C15H7Br2F2NS/c16-9-3-1-2-8(6-9)12-7-21-15(20-12)10-4-5-11(18)14(19)13(10)17/h1-7H. The molecular weight excluding hydrogens is 424 g/mol. The first-order chi connectivity index (χ1) is 10.1. The molecule has 0 atom stereocenters. The number of halogens is 4. The molecule has 0 bridgehead atoms. The lowest BCUT2D eigenvalue weighted by Crippen LogP contribution is -1.89. The molecule has 6 heteroatoms.